The molecule has 2 heterocycles. The molecule has 1 aromatic rings. The minimum atomic E-state index is -3.40. The summed E-state index contributed by atoms with van der Waals surface area (Å²) in [4.78, 5) is 4.51. The van der Waals surface area contributed by atoms with Gasteiger partial charge in [0.2, 0.25) is 10.0 Å². The van der Waals surface area contributed by atoms with Gasteiger partial charge in [-0.25, -0.2) is 13.4 Å². The maximum absolute atomic E-state index is 12.7. The van der Waals surface area contributed by atoms with Gasteiger partial charge in [0.25, 0.3) is 0 Å². The van der Waals surface area contributed by atoms with Gasteiger partial charge in [-0.3, -0.25) is 0 Å². The first-order valence-corrected chi connectivity index (χ1v) is 9.18. The molecule has 2 rings (SSSR count). The highest BCUT2D eigenvalue weighted by atomic mass is 32.2. The Balaban J connectivity index is 2.18. The number of rotatable bonds is 5. The first kappa shape index (κ1) is 16.2. The van der Waals surface area contributed by atoms with Crippen molar-refractivity contribution in [2.75, 3.05) is 25.0 Å². The Morgan fingerprint density at radius 1 is 1.38 bits per heavy atom. The summed E-state index contributed by atoms with van der Waals surface area (Å²) in [6.45, 7) is 6.27. The summed E-state index contributed by atoms with van der Waals surface area (Å²) < 4.78 is 27.1. The Hall–Kier alpha value is -1.14. The molecule has 1 fully saturated rings. The number of nitrogens with one attached hydrogen (secondary N) is 1. The first-order chi connectivity index (χ1) is 10.0. The largest absolute Gasteiger partial charge is 0.370 e. The lowest BCUT2D eigenvalue weighted by molar-refractivity contribution is 0.416. The van der Waals surface area contributed by atoms with E-state index >= 15 is 0 Å². The van der Waals surface area contributed by atoms with Crippen LogP contribution in [-0.2, 0) is 10.0 Å². The second kappa shape index (κ2) is 7.22. The van der Waals surface area contributed by atoms with E-state index in [0.29, 0.717) is 29.7 Å². The van der Waals surface area contributed by atoms with Crippen molar-refractivity contribution in [2.45, 2.75) is 44.4 Å². The Morgan fingerprint density at radius 2 is 2.19 bits per heavy atom. The molecule has 0 radical (unpaired) electrons. The van der Waals surface area contributed by atoms with Crippen molar-refractivity contribution in [3.63, 3.8) is 0 Å². The van der Waals surface area contributed by atoms with E-state index in [-0.39, 0.29) is 0 Å². The van der Waals surface area contributed by atoms with Crippen molar-refractivity contribution in [1.29, 1.82) is 0 Å². The van der Waals surface area contributed by atoms with Crippen LogP contribution in [0.25, 0.3) is 0 Å². The van der Waals surface area contributed by atoms with Gasteiger partial charge in [0, 0.05) is 31.9 Å². The van der Waals surface area contributed by atoms with Crippen molar-refractivity contribution >= 4 is 15.8 Å². The molecule has 0 aliphatic carbocycles. The van der Waals surface area contributed by atoms with Crippen LogP contribution in [0.3, 0.4) is 0 Å². The summed E-state index contributed by atoms with van der Waals surface area (Å²) in [7, 11) is -3.40. The quantitative estimate of drug-likeness (QED) is 0.908. The molecule has 1 unspecified atom stereocenters. The van der Waals surface area contributed by atoms with E-state index in [4.69, 9.17) is 0 Å². The summed E-state index contributed by atoms with van der Waals surface area (Å²) >= 11 is 0. The van der Waals surface area contributed by atoms with Crippen LogP contribution in [0, 0.1) is 5.92 Å². The second-order valence-electron chi connectivity index (χ2n) is 5.74. The summed E-state index contributed by atoms with van der Waals surface area (Å²) in [5.41, 5.74) is 0. The lowest BCUT2D eigenvalue weighted by atomic mass is 10.0. The molecule has 0 amide bonds. The number of hydrogen-bond acceptors (Lipinski definition) is 4. The molecule has 0 spiro atoms. The molecule has 0 saturated carbocycles. The van der Waals surface area contributed by atoms with Gasteiger partial charge < -0.3 is 5.32 Å². The molecule has 0 aromatic carbocycles. The molecule has 1 N–H and O–H groups in total. The van der Waals surface area contributed by atoms with Crippen LogP contribution in [0.5, 0.6) is 0 Å². The Bertz CT molecular complexity index is 560. The van der Waals surface area contributed by atoms with Crippen LogP contribution in [-0.4, -0.2) is 37.3 Å². The highest BCUT2D eigenvalue weighted by Gasteiger charge is 2.26. The van der Waals surface area contributed by atoms with Crippen molar-refractivity contribution in [3.05, 3.63) is 18.3 Å². The molecule has 1 saturated heterocycles. The van der Waals surface area contributed by atoms with Gasteiger partial charge in [-0.15, -0.1) is 0 Å². The van der Waals surface area contributed by atoms with Gasteiger partial charge in [0.1, 0.15) is 5.82 Å². The Labute approximate surface area is 127 Å². The maximum atomic E-state index is 12.7. The lowest BCUT2D eigenvalue weighted by Crippen LogP contribution is -2.32. The predicted molar refractivity (Wildman–Crippen MR) is 84.8 cm³/mol. The molecule has 1 atom stereocenters. The fraction of sp³-hybridized carbons (Fsp3) is 0.667. The van der Waals surface area contributed by atoms with Gasteiger partial charge in [-0.2, -0.15) is 4.31 Å². The molecular formula is C15H25N3O2S. The lowest BCUT2D eigenvalue weighted by Gasteiger charge is -2.20. The summed E-state index contributed by atoms with van der Waals surface area (Å²) in [6, 6.07) is 3.22. The third kappa shape index (κ3) is 4.17. The number of sulfonamides is 1. The highest BCUT2D eigenvalue weighted by molar-refractivity contribution is 7.89. The van der Waals surface area contributed by atoms with Gasteiger partial charge in [0.15, 0.2) is 0 Å². The summed E-state index contributed by atoms with van der Waals surface area (Å²) in [5, 5.41) is 3.14. The third-order valence-electron chi connectivity index (χ3n) is 3.90. The van der Waals surface area contributed by atoms with Crippen LogP contribution in [0.15, 0.2) is 23.2 Å². The second-order valence-corrected chi connectivity index (χ2v) is 7.68. The molecule has 6 heteroatoms. The topological polar surface area (TPSA) is 62.3 Å². The number of nitrogens with zero attached hydrogens (tertiary/aromatic N) is 2. The molecule has 1 aliphatic rings. The molecule has 1 aliphatic heterocycles. The van der Waals surface area contributed by atoms with Crippen molar-refractivity contribution < 1.29 is 8.42 Å². The van der Waals surface area contributed by atoms with Crippen LogP contribution < -0.4 is 5.32 Å². The van der Waals surface area contributed by atoms with Gasteiger partial charge in [0.05, 0.1) is 4.90 Å². The van der Waals surface area contributed by atoms with E-state index in [1.807, 2.05) is 0 Å². The standard InChI is InChI=1S/C15H25N3O2S/c1-3-8-16-15-12-14(6-9-17-15)21(19,20)18-10-4-5-13(2)7-11-18/h6,9,12-13H,3-5,7-8,10-11H2,1-2H3,(H,16,17). The van der Waals surface area contributed by atoms with Crippen LogP contribution in [0.2, 0.25) is 0 Å². The van der Waals surface area contributed by atoms with E-state index in [1.165, 1.54) is 0 Å². The molecule has 21 heavy (non-hydrogen) atoms. The van der Waals surface area contributed by atoms with E-state index in [0.717, 1.165) is 32.2 Å². The summed E-state index contributed by atoms with van der Waals surface area (Å²) in [5.74, 6) is 1.23. The van der Waals surface area contributed by atoms with Crippen molar-refractivity contribution in [2.24, 2.45) is 5.92 Å². The van der Waals surface area contributed by atoms with E-state index in [1.54, 1.807) is 22.6 Å². The van der Waals surface area contributed by atoms with Crippen molar-refractivity contribution in [3.8, 4) is 0 Å². The fourth-order valence-corrected chi connectivity index (χ4v) is 4.05. The number of anilines is 1. The molecule has 5 nitrogen and oxygen atoms in total. The Kier molecular flexibility index (Phi) is 5.58. The van der Waals surface area contributed by atoms with Gasteiger partial charge in [-0.05, 0) is 37.7 Å². The van der Waals surface area contributed by atoms with Crippen molar-refractivity contribution in [1.82, 2.24) is 9.29 Å². The van der Waals surface area contributed by atoms with Gasteiger partial charge in [-0.1, -0.05) is 13.8 Å². The van der Waals surface area contributed by atoms with Gasteiger partial charge >= 0.3 is 0 Å². The molecular weight excluding hydrogens is 286 g/mol. The highest BCUT2D eigenvalue weighted by Crippen LogP contribution is 2.23. The normalized spacial score (nSPS) is 21.0. The van der Waals surface area contributed by atoms with E-state index < -0.39 is 10.0 Å². The minimum absolute atomic E-state index is 0.339. The minimum Gasteiger partial charge on any atom is -0.370 e. The smallest absolute Gasteiger partial charge is 0.243 e. The molecule has 118 valence electrons. The van der Waals surface area contributed by atoms with Crippen LogP contribution in [0.4, 0.5) is 5.82 Å². The zero-order chi connectivity index (χ0) is 15.3. The fourth-order valence-electron chi connectivity index (χ4n) is 2.55. The molecule has 0 bridgehead atoms. The zero-order valence-corrected chi connectivity index (χ0v) is 13.7. The van der Waals surface area contributed by atoms with Crippen LogP contribution >= 0.6 is 0 Å². The average Bonchev–Trinajstić information content (AvgIpc) is 2.70. The first-order valence-electron chi connectivity index (χ1n) is 7.74. The maximum Gasteiger partial charge on any atom is 0.243 e. The predicted octanol–water partition coefficient (Wildman–Crippen LogP) is 2.71. The summed E-state index contributed by atoms with van der Waals surface area (Å²) in [6.07, 6.45) is 5.51. The Morgan fingerprint density at radius 3 is 2.95 bits per heavy atom. The zero-order valence-electron chi connectivity index (χ0n) is 12.9. The monoisotopic (exact) mass is 311 g/mol. The third-order valence-corrected chi connectivity index (χ3v) is 5.80. The SMILES string of the molecule is CCCNc1cc(S(=O)(=O)N2CCCC(C)CC2)ccn1. The molecule has 1 aromatic heterocycles. The van der Waals surface area contributed by atoms with E-state index in [9.17, 15) is 8.42 Å². The number of hydrogen-bond donors (Lipinski definition) is 1. The average molecular weight is 311 g/mol. The van der Waals surface area contributed by atoms with E-state index in [2.05, 4.69) is 24.1 Å². The van der Waals surface area contributed by atoms with Crippen LogP contribution in [0.1, 0.15) is 39.5 Å². The number of pyridine rings is 1. The number of aromatic nitrogens is 1.